The van der Waals surface area contributed by atoms with Gasteiger partial charge in [0.2, 0.25) is 0 Å². The van der Waals surface area contributed by atoms with Gasteiger partial charge in [0.25, 0.3) is 0 Å². The predicted molar refractivity (Wildman–Crippen MR) is 122 cm³/mol. The second-order valence-corrected chi connectivity index (χ2v) is 8.76. The topological polar surface area (TPSA) is 107 Å². The SMILES string of the molecule is CNSc1ccc2c3ncc(/C(=C(\C)N)N(C)N)cc3n(CC3CCOCC3)c2n1. The molecule has 0 bridgehead atoms. The zero-order chi connectivity index (χ0) is 21.3. The Morgan fingerprint density at radius 3 is 2.80 bits per heavy atom. The standard InChI is InChI=1S/C21H29N7OS/c1-13(22)20(27(3)23)15-10-17-19(25-11-15)16-4-5-18(30-24-2)26-21(16)28(17)12-14-6-8-29-9-7-14/h4-5,10-11,14,24H,6-9,12,22-23H2,1-3H3/b20-13-. The van der Waals surface area contributed by atoms with Crippen LogP contribution in [0.4, 0.5) is 0 Å². The molecule has 9 heteroatoms. The smallest absolute Gasteiger partial charge is 0.144 e. The fourth-order valence-electron chi connectivity index (χ4n) is 4.17. The van der Waals surface area contributed by atoms with E-state index in [2.05, 4.69) is 21.4 Å². The normalized spacial score (nSPS) is 16.3. The number of nitrogens with one attached hydrogen (secondary N) is 1. The van der Waals surface area contributed by atoms with Gasteiger partial charge >= 0.3 is 0 Å². The van der Waals surface area contributed by atoms with Crippen LogP contribution < -0.4 is 16.3 Å². The minimum absolute atomic E-state index is 0.548. The highest BCUT2D eigenvalue weighted by Crippen LogP contribution is 2.32. The van der Waals surface area contributed by atoms with Gasteiger partial charge in [-0.15, -0.1) is 0 Å². The summed E-state index contributed by atoms with van der Waals surface area (Å²) < 4.78 is 11.0. The molecule has 0 radical (unpaired) electrons. The minimum Gasteiger partial charge on any atom is -0.401 e. The first-order valence-electron chi connectivity index (χ1n) is 10.1. The zero-order valence-corrected chi connectivity index (χ0v) is 18.5. The summed E-state index contributed by atoms with van der Waals surface area (Å²) in [4.78, 5) is 9.74. The summed E-state index contributed by atoms with van der Waals surface area (Å²) >= 11 is 1.51. The summed E-state index contributed by atoms with van der Waals surface area (Å²) in [5, 5.41) is 3.53. The van der Waals surface area contributed by atoms with E-state index in [9.17, 15) is 0 Å². The second kappa shape index (κ2) is 8.81. The summed E-state index contributed by atoms with van der Waals surface area (Å²) in [6.45, 7) is 4.37. The van der Waals surface area contributed by atoms with E-state index < -0.39 is 0 Å². The number of ether oxygens (including phenoxy) is 1. The van der Waals surface area contributed by atoms with Crippen LogP contribution in [0.5, 0.6) is 0 Å². The van der Waals surface area contributed by atoms with Crippen LogP contribution in [-0.4, -0.2) is 46.9 Å². The van der Waals surface area contributed by atoms with Crippen LogP contribution in [0.1, 0.15) is 25.3 Å². The number of rotatable bonds is 6. The average Bonchev–Trinajstić information content (AvgIpc) is 3.01. The number of allylic oxidation sites excluding steroid dienone is 1. The van der Waals surface area contributed by atoms with Crippen molar-refractivity contribution >= 4 is 39.7 Å². The van der Waals surface area contributed by atoms with Crippen molar-refractivity contribution in [2.24, 2.45) is 17.5 Å². The van der Waals surface area contributed by atoms with E-state index in [0.29, 0.717) is 11.6 Å². The Morgan fingerprint density at radius 1 is 1.37 bits per heavy atom. The molecule has 1 aliphatic heterocycles. The first-order chi connectivity index (χ1) is 14.5. The molecule has 0 aromatic carbocycles. The Morgan fingerprint density at radius 2 is 2.13 bits per heavy atom. The van der Waals surface area contributed by atoms with Crippen molar-refractivity contribution in [2.45, 2.75) is 31.3 Å². The van der Waals surface area contributed by atoms with Gasteiger partial charge < -0.3 is 20.0 Å². The Labute approximate surface area is 180 Å². The Bertz CT molecular complexity index is 1080. The lowest BCUT2D eigenvalue weighted by Crippen LogP contribution is -2.26. The first kappa shape index (κ1) is 20.9. The largest absolute Gasteiger partial charge is 0.401 e. The van der Waals surface area contributed by atoms with Gasteiger partial charge in [0, 0.05) is 49.6 Å². The van der Waals surface area contributed by atoms with Crippen molar-refractivity contribution in [1.29, 1.82) is 0 Å². The molecular formula is C21H29N7OS. The van der Waals surface area contributed by atoms with Gasteiger partial charge in [-0.25, -0.2) is 10.8 Å². The van der Waals surface area contributed by atoms with Crippen molar-refractivity contribution in [3.63, 3.8) is 0 Å². The van der Waals surface area contributed by atoms with E-state index >= 15 is 0 Å². The third kappa shape index (κ3) is 3.98. The molecule has 1 fully saturated rings. The maximum Gasteiger partial charge on any atom is 0.144 e. The third-order valence-corrected chi connectivity index (χ3v) is 6.15. The molecule has 160 valence electrons. The molecule has 0 spiro atoms. The molecule has 0 saturated carbocycles. The molecule has 4 heterocycles. The third-order valence-electron chi connectivity index (χ3n) is 5.51. The lowest BCUT2D eigenvalue weighted by molar-refractivity contribution is 0.0619. The molecule has 3 aromatic heterocycles. The summed E-state index contributed by atoms with van der Waals surface area (Å²) in [5.41, 5.74) is 11.4. The van der Waals surface area contributed by atoms with Gasteiger partial charge in [-0.3, -0.25) is 9.71 Å². The Hall–Kier alpha value is -2.33. The minimum atomic E-state index is 0.548. The van der Waals surface area contributed by atoms with Gasteiger partial charge in [-0.2, -0.15) is 0 Å². The van der Waals surface area contributed by atoms with Gasteiger partial charge in [0.1, 0.15) is 10.7 Å². The summed E-state index contributed by atoms with van der Waals surface area (Å²) in [5.74, 6) is 6.60. The van der Waals surface area contributed by atoms with Crippen molar-refractivity contribution in [2.75, 3.05) is 27.3 Å². The highest BCUT2D eigenvalue weighted by molar-refractivity contribution is 7.97. The van der Waals surface area contributed by atoms with Gasteiger partial charge in [0.05, 0.1) is 16.7 Å². The van der Waals surface area contributed by atoms with Crippen LogP contribution in [0.3, 0.4) is 0 Å². The molecule has 3 aromatic rings. The summed E-state index contributed by atoms with van der Waals surface area (Å²) in [7, 11) is 3.69. The molecule has 0 unspecified atom stereocenters. The molecule has 0 atom stereocenters. The highest BCUT2D eigenvalue weighted by Gasteiger charge is 2.21. The first-order valence-corrected chi connectivity index (χ1v) is 11.0. The Balaban J connectivity index is 1.91. The second-order valence-electron chi connectivity index (χ2n) is 7.73. The molecule has 0 aliphatic carbocycles. The molecule has 4 rings (SSSR count). The maximum atomic E-state index is 6.12. The van der Waals surface area contributed by atoms with E-state index in [1.807, 2.05) is 26.2 Å². The fraction of sp³-hybridized carbons (Fsp3) is 0.429. The summed E-state index contributed by atoms with van der Waals surface area (Å²) in [6.07, 6.45) is 3.95. The molecular weight excluding hydrogens is 398 g/mol. The van der Waals surface area contributed by atoms with Crippen LogP contribution in [-0.2, 0) is 11.3 Å². The summed E-state index contributed by atoms with van der Waals surface area (Å²) in [6, 6.07) is 6.26. The van der Waals surface area contributed by atoms with E-state index in [-0.39, 0.29) is 0 Å². The fourth-order valence-corrected chi connectivity index (χ4v) is 4.65. The molecule has 1 saturated heterocycles. The zero-order valence-electron chi connectivity index (χ0n) is 17.7. The number of hydrogen-bond acceptors (Lipinski definition) is 8. The molecule has 30 heavy (non-hydrogen) atoms. The van der Waals surface area contributed by atoms with Crippen molar-refractivity contribution in [3.05, 3.63) is 35.7 Å². The molecule has 1 aliphatic rings. The number of aromatic nitrogens is 3. The van der Waals surface area contributed by atoms with E-state index in [4.69, 9.17) is 26.3 Å². The van der Waals surface area contributed by atoms with Crippen LogP contribution in [0.2, 0.25) is 0 Å². The predicted octanol–water partition coefficient (Wildman–Crippen LogP) is 2.69. The van der Waals surface area contributed by atoms with Crippen LogP contribution in [0, 0.1) is 5.92 Å². The van der Waals surface area contributed by atoms with Crippen LogP contribution in [0.25, 0.3) is 27.8 Å². The monoisotopic (exact) mass is 427 g/mol. The van der Waals surface area contributed by atoms with Crippen molar-refractivity contribution in [1.82, 2.24) is 24.3 Å². The number of pyridine rings is 2. The number of fused-ring (bicyclic) bond motifs is 3. The number of nitrogens with two attached hydrogens (primary N) is 2. The highest BCUT2D eigenvalue weighted by atomic mass is 32.2. The van der Waals surface area contributed by atoms with Gasteiger partial charge in [0.15, 0.2) is 0 Å². The number of hydrogen-bond donors (Lipinski definition) is 3. The molecule has 8 nitrogen and oxygen atoms in total. The van der Waals surface area contributed by atoms with Crippen LogP contribution >= 0.6 is 11.9 Å². The van der Waals surface area contributed by atoms with Crippen molar-refractivity contribution in [3.8, 4) is 0 Å². The molecule has 5 N–H and O–H groups in total. The van der Waals surface area contributed by atoms with E-state index in [1.54, 1.807) is 12.1 Å². The lowest BCUT2D eigenvalue weighted by atomic mass is 10.0. The van der Waals surface area contributed by atoms with Crippen LogP contribution in [0.15, 0.2) is 35.1 Å². The lowest BCUT2D eigenvalue weighted by Gasteiger charge is -2.23. The molecule has 0 amide bonds. The quantitative estimate of drug-likeness (QED) is 0.313. The number of hydrazine groups is 1. The van der Waals surface area contributed by atoms with Gasteiger partial charge in [-0.1, -0.05) is 0 Å². The Kier molecular flexibility index (Phi) is 6.14. The van der Waals surface area contributed by atoms with E-state index in [0.717, 1.165) is 71.0 Å². The van der Waals surface area contributed by atoms with Gasteiger partial charge in [-0.05, 0) is 62.9 Å². The number of nitrogens with zero attached hydrogens (tertiary/aromatic N) is 4. The average molecular weight is 428 g/mol. The maximum absolute atomic E-state index is 6.12. The van der Waals surface area contributed by atoms with E-state index in [1.165, 1.54) is 11.9 Å². The van der Waals surface area contributed by atoms with Crippen molar-refractivity contribution < 1.29 is 4.74 Å².